The maximum Gasteiger partial charge on any atom is 0.231 e. The number of fused-ring (bicyclic) bond motifs is 2. The number of nitrogens with one attached hydrogen (secondary N) is 2. The van der Waals surface area contributed by atoms with Crippen LogP contribution in [0.4, 0.5) is 0 Å². The first-order valence-electron chi connectivity index (χ1n) is 10.0. The zero-order valence-corrected chi connectivity index (χ0v) is 16.1. The van der Waals surface area contributed by atoms with Crippen LogP contribution in [0.15, 0.2) is 48.5 Å². The molecule has 2 N–H and O–H groups in total. The first-order valence-corrected chi connectivity index (χ1v) is 10.0. The second-order valence-corrected chi connectivity index (χ2v) is 7.54. The second kappa shape index (κ2) is 7.62. The zero-order valence-electron chi connectivity index (χ0n) is 16.1. The molecule has 148 valence electrons. The van der Waals surface area contributed by atoms with Crippen LogP contribution in [0.25, 0.3) is 0 Å². The average molecular weight is 389 g/mol. The molecule has 6 heteroatoms. The lowest BCUT2D eigenvalue weighted by atomic mass is 9.88. The molecule has 2 aromatic carbocycles. The standard InChI is InChI=1S/C23H23N3O3/c27-23(24-13-20-17-7-4-8-19(17)25-26-20)12-18(15-5-2-1-3-6-15)16-9-10-21-22(11-16)29-14-28-21/h1-3,5-6,9-11,18H,4,7-8,12-14H2,(H,24,27)(H,25,26)/t18-/m0/s1. The highest BCUT2D eigenvalue weighted by Gasteiger charge is 2.23. The smallest absolute Gasteiger partial charge is 0.231 e. The number of H-pyrrole nitrogens is 1. The van der Waals surface area contributed by atoms with Crippen molar-refractivity contribution in [2.75, 3.05) is 6.79 Å². The Morgan fingerprint density at radius 1 is 1.07 bits per heavy atom. The number of amides is 1. The van der Waals surface area contributed by atoms with Crippen molar-refractivity contribution in [3.63, 3.8) is 0 Å². The fourth-order valence-electron chi connectivity index (χ4n) is 4.22. The van der Waals surface area contributed by atoms with E-state index >= 15 is 0 Å². The largest absolute Gasteiger partial charge is 0.454 e. The molecule has 2 aliphatic rings. The van der Waals surface area contributed by atoms with E-state index in [9.17, 15) is 4.79 Å². The van der Waals surface area contributed by atoms with Crippen LogP contribution in [0.3, 0.4) is 0 Å². The summed E-state index contributed by atoms with van der Waals surface area (Å²) in [5, 5.41) is 10.5. The molecule has 0 radical (unpaired) electrons. The lowest BCUT2D eigenvalue weighted by molar-refractivity contribution is -0.121. The first-order chi connectivity index (χ1) is 14.3. The molecular formula is C23H23N3O3. The average Bonchev–Trinajstić information content (AvgIpc) is 3.48. The zero-order chi connectivity index (χ0) is 19.6. The van der Waals surface area contributed by atoms with Gasteiger partial charge in [-0.25, -0.2) is 0 Å². The Balaban J connectivity index is 1.33. The van der Waals surface area contributed by atoms with Gasteiger partial charge in [-0.2, -0.15) is 5.10 Å². The van der Waals surface area contributed by atoms with Crippen LogP contribution in [0.5, 0.6) is 11.5 Å². The van der Waals surface area contributed by atoms with E-state index in [1.54, 1.807) is 0 Å². The monoisotopic (exact) mass is 389 g/mol. The minimum Gasteiger partial charge on any atom is -0.454 e. The maximum atomic E-state index is 12.8. The van der Waals surface area contributed by atoms with Crippen molar-refractivity contribution in [2.24, 2.45) is 0 Å². The highest BCUT2D eigenvalue weighted by atomic mass is 16.7. The third-order valence-corrected chi connectivity index (χ3v) is 5.74. The van der Waals surface area contributed by atoms with Gasteiger partial charge < -0.3 is 14.8 Å². The predicted molar refractivity (Wildman–Crippen MR) is 108 cm³/mol. The van der Waals surface area contributed by atoms with Gasteiger partial charge in [-0.05, 0) is 48.1 Å². The Bertz CT molecular complexity index is 1030. The quantitative estimate of drug-likeness (QED) is 0.677. The number of aromatic amines is 1. The molecule has 29 heavy (non-hydrogen) atoms. The summed E-state index contributed by atoms with van der Waals surface area (Å²) in [6.45, 7) is 0.705. The van der Waals surface area contributed by atoms with Gasteiger partial charge in [0.1, 0.15) is 0 Å². The summed E-state index contributed by atoms with van der Waals surface area (Å²) in [4.78, 5) is 12.8. The van der Waals surface area contributed by atoms with Crippen LogP contribution >= 0.6 is 0 Å². The molecule has 6 nitrogen and oxygen atoms in total. The minimum absolute atomic E-state index is 0.00580. The van der Waals surface area contributed by atoms with Gasteiger partial charge in [0.15, 0.2) is 11.5 Å². The molecule has 1 atom stereocenters. The minimum atomic E-state index is -0.0596. The summed E-state index contributed by atoms with van der Waals surface area (Å²) < 4.78 is 11.0. The Morgan fingerprint density at radius 2 is 1.93 bits per heavy atom. The van der Waals surface area contributed by atoms with Gasteiger partial charge in [-0.1, -0.05) is 36.4 Å². The van der Waals surface area contributed by atoms with Crippen molar-refractivity contribution in [1.29, 1.82) is 0 Å². The fourth-order valence-corrected chi connectivity index (χ4v) is 4.22. The first kappa shape index (κ1) is 17.8. The number of rotatable bonds is 6. The van der Waals surface area contributed by atoms with E-state index in [1.165, 1.54) is 11.3 Å². The molecule has 3 aromatic rings. The Labute approximate surface area is 169 Å². The van der Waals surface area contributed by atoms with Crippen LogP contribution in [0.1, 0.15) is 46.8 Å². The molecule has 0 spiro atoms. The lowest BCUT2D eigenvalue weighted by Crippen LogP contribution is -2.25. The topological polar surface area (TPSA) is 76.2 Å². The van der Waals surface area contributed by atoms with Crippen molar-refractivity contribution >= 4 is 5.91 Å². The van der Waals surface area contributed by atoms with Crippen molar-refractivity contribution in [3.05, 3.63) is 76.6 Å². The summed E-state index contributed by atoms with van der Waals surface area (Å²) in [5.41, 5.74) is 5.60. The van der Waals surface area contributed by atoms with Gasteiger partial charge in [-0.3, -0.25) is 9.89 Å². The van der Waals surface area contributed by atoms with Crippen LogP contribution in [-0.2, 0) is 24.2 Å². The number of carbonyl (C=O) groups excluding carboxylic acids is 1. The molecule has 1 aliphatic heterocycles. The van der Waals surface area contributed by atoms with E-state index in [0.717, 1.165) is 47.6 Å². The lowest BCUT2D eigenvalue weighted by Gasteiger charge is -2.18. The van der Waals surface area contributed by atoms with Gasteiger partial charge in [0.25, 0.3) is 0 Å². The van der Waals surface area contributed by atoms with Gasteiger partial charge in [0.2, 0.25) is 12.7 Å². The molecule has 0 fully saturated rings. The number of carbonyl (C=O) groups is 1. The molecule has 0 unspecified atom stereocenters. The number of aromatic nitrogens is 2. The summed E-state index contributed by atoms with van der Waals surface area (Å²) in [6, 6.07) is 16.0. The van der Waals surface area contributed by atoms with Crippen LogP contribution < -0.4 is 14.8 Å². The normalized spacial score (nSPS) is 15.2. The number of benzene rings is 2. The highest BCUT2D eigenvalue weighted by Crippen LogP contribution is 2.37. The molecular weight excluding hydrogens is 366 g/mol. The number of hydrogen-bond acceptors (Lipinski definition) is 4. The fraction of sp³-hybridized carbons (Fsp3) is 0.304. The van der Waals surface area contributed by atoms with Crippen LogP contribution in [-0.4, -0.2) is 22.9 Å². The summed E-state index contributed by atoms with van der Waals surface area (Å²) in [7, 11) is 0. The van der Waals surface area contributed by atoms with Crippen molar-refractivity contribution in [1.82, 2.24) is 15.5 Å². The van der Waals surface area contributed by atoms with E-state index in [4.69, 9.17) is 9.47 Å². The van der Waals surface area contributed by atoms with E-state index in [1.807, 2.05) is 36.4 Å². The SMILES string of the molecule is O=C(C[C@@H](c1ccccc1)c1ccc2c(c1)OCO2)NCc1n[nH]c2c1CCC2. The Morgan fingerprint density at radius 3 is 2.83 bits per heavy atom. The van der Waals surface area contributed by atoms with Gasteiger partial charge in [0, 0.05) is 18.0 Å². The molecule has 5 rings (SSSR count). The van der Waals surface area contributed by atoms with Crippen molar-refractivity contribution in [2.45, 2.75) is 38.1 Å². The summed E-state index contributed by atoms with van der Waals surface area (Å²) >= 11 is 0. The van der Waals surface area contributed by atoms with Gasteiger partial charge >= 0.3 is 0 Å². The molecule has 0 saturated carbocycles. The maximum absolute atomic E-state index is 12.8. The third kappa shape index (κ3) is 3.58. The Kier molecular flexibility index (Phi) is 4.68. The molecule has 1 amide bonds. The molecule has 2 heterocycles. The Hall–Kier alpha value is -3.28. The van der Waals surface area contributed by atoms with E-state index < -0.39 is 0 Å². The number of nitrogens with zero attached hydrogens (tertiary/aromatic N) is 1. The van der Waals surface area contributed by atoms with Gasteiger partial charge in [0.05, 0.1) is 12.2 Å². The van der Waals surface area contributed by atoms with Crippen molar-refractivity contribution < 1.29 is 14.3 Å². The third-order valence-electron chi connectivity index (χ3n) is 5.74. The van der Waals surface area contributed by atoms with Gasteiger partial charge in [-0.15, -0.1) is 0 Å². The molecule has 1 aliphatic carbocycles. The number of aryl methyl sites for hydroxylation is 1. The number of ether oxygens (including phenoxy) is 2. The predicted octanol–water partition coefficient (Wildman–Crippen LogP) is 3.47. The summed E-state index contributed by atoms with van der Waals surface area (Å²) in [5.74, 6) is 1.43. The molecule has 1 aromatic heterocycles. The molecule has 0 bridgehead atoms. The second-order valence-electron chi connectivity index (χ2n) is 7.54. The summed E-state index contributed by atoms with van der Waals surface area (Å²) in [6.07, 6.45) is 3.61. The van der Waals surface area contributed by atoms with Crippen LogP contribution in [0.2, 0.25) is 0 Å². The van der Waals surface area contributed by atoms with E-state index in [-0.39, 0.29) is 18.6 Å². The molecule has 0 saturated heterocycles. The van der Waals surface area contributed by atoms with Crippen molar-refractivity contribution in [3.8, 4) is 11.5 Å². The van der Waals surface area contributed by atoms with E-state index in [2.05, 4.69) is 27.6 Å². The highest BCUT2D eigenvalue weighted by molar-refractivity contribution is 5.77. The number of hydrogen-bond donors (Lipinski definition) is 2. The van der Waals surface area contributed by atoms with E-state index in [0.29, 0.717) is 13.0 Å². The van der Waals surface area contributed by atoms with Crippen LogP contribution in [0, 0.1) is 0 Å².